The van der Waals surface area contributed by atoms with Crippen molar-refractivity contribution >= 4 is 11.6 Å². The molecule has 4 aromatic rings. The van der Waals surface area contributed by atoms with Crippen LogP contribution in [0.3, 0.4) is 0 Å². The van der Waals surface area contributed by atoms with E-state index >= 15 is 0 Å². The number of nitrogens with one attached hydrogen (secondary N) is 1. The summed E-state index contributed by atoms with van der Waals surface area (Å²) in [5.41, 5.74) is 4.24. The SMILES string of the molecule is Cc1cccc(C(=O)Nc2ccc(Oc3cc(-n4nc(C)cc4C)nc(C)n3)cc2)c1. The van der Waals surface area contributed by atoms with Gasteiger partial charge in [0.05, 0.1) is 5.69 Å². The van der Waals surface area contributed by atoms with Crippen LogP contribution >= 0.6 is 0 Å². The van der Waals surface area contributed by atoms with Crippen molar-refractivity contribution in [2.24, 2.45) is 0 Å². The molecule has 31 heavy (non-hydrogen) atoms. The quantitative estimate of drug-likeness (QED) is 0.501. The Morgan fingerprint density at radius 2 is 1.71 bits per heavy atom. The third kappa shape index (κ3) is 4.78. The summed E-state index contributed by atoms with van der Waals surface area (Å²) in [4.78, 5) is 21.2. The first-order valence-corrected chi connectivity index (χ1v) is 9.93. The lowest BCUT2D eigenvalue weighted by Gasteiger charge is -2.10. The number of carbonyl (C=O) groups excluding carboxylic acids is 1. The largest absolute Gasteiger partial charge is 0.439 e. The molecule has 4 rings (SSSR count). The summed E-state index contributed by atoms with van der Waals surface area (Å²) >= 11 is 0. The van der Waals surface area contributed by atoms with E-state index in [0.29, 0.717) is 34.5 Å². The third-order valence-corrected chi connectivity index (χ3v) is 4.64. The number of benzene rings is 2. The van der Waals surface area contributed by atoms with Crippen molar-refractivity contribution in [1.82, 2.24) is 19.7 Å². The van der Waals surface area contributed by atoms with Crippen LogP contribution < -0.4 is 10.1 Å². The van der Waals surface area contributed by atoms with Crippen LogP contribution in [0.25, 0.3) is 5.82 Å². The predicted molar refractivity (Wildman–Crippen MR) is 119 cm³/mol. The van der Waals surface area contributed by atoms with Crippen LogP contribution in [-0.4, -0.2) is 25.7 Å². The van der Waals surface area contributed by atoms with Crippen LogP contribution in [0.1, 0.15) is 33.1 Å². The molecule has 0 fully saturated rings. The van der Waals surface area contributed by atoms with E-state index in [1.165, 1.54) is 0 Å². The molecule has 0 saturated carbocycles. The molecule has 0 aliphatic carbocycles. The monoisotopic (exact) mass is 413 g/mol. The molecule has 0 radical (unpaired) electrons. The van der Waals surface area contributed by atoms with Crippen molar-refractivity contribution in [3.05, 3.63) is 89.0 Å². The molecule has 0 bridgehead atoms. The average Bonchev–Trinajstić information content (AvgIpc) is 3.07. The molecule has 1 amide bonds. The first kappa shape index (κ1) is 20.3. The standard InChI is InChI=1S/C24H23N5O2/c1-15-6-5-7-19(12-15)24(30)27-20-8-10-21(11-9-20)31-23-14-22(25-18(4)26-23)29-17(3)13-16(2)28-29/h5-14H,1-4H3,(H,27,30). The lowest BCUT2D eigenvalue weighted by molar-refractivity contribution is 0.102. The van der Waals surface area contributed by atoms with Gasteiger partial charge in [-0.1, -0.05) is 17.7 Å². The Morgan fingerprint density at radius 3 is 2.39 bits per heavy atom. The Balaban J connectivity index is 1.49. The van der Waals surface area contributed by atoms with Gasteiger partial charge in [0, 0.05) is 23.0 Å². The molecule has 0 saturated heterocycles. The first-order valence-electron chi connectivity index (χ1n) is 9.93. The van der Waals surface area contributed by atoms with Crippen molar-refractivity contribution in [1.29, 1.82) is 0 Å². The van der Waals surface area contributed by atoms with Gasteiger partial charge in [-0.25, -0.2) is 9.67 Å². The van der Waals surface area contributed by atoms with E-state index < -0.39 is 0 Å². The Labute approximate surface area is 180 Å². The average molecular weight is 413 g/mol. The first-order chi connectivity index (χ1) is 14.9. The second-order valence-corrected chi connectivity index (χ2v) is 7.40. The van der Waals surface area contributed by atoms with Crippen molar-refractivity contribution in [2.45, 2.75) is 27.7 Å². The van der Waals surface area contributed by atoms with Gasteiger partial charge in [-0.2, -0.15) is 10.1 Å². The minimum Gasteiger partial charge on any atom is -0.439 e. The van der Waals surface area contributed by atoms with Crippen molar-refractivity contribution < 1.29 is 9.53 Å². The number of amides is 1. The van der Waals surface area contributed by atoms with Gasteiger partial charge < -0.3 is 10.1 Å². The lowest BCUT2D eigenvalue weighted by Crippen LogP contribution is -2.11. The molecule has 1 N–H and O–H groups in total. The fraction of sp³-hybridized carbons (Fsp3) is 0.167. The van der Waals surface area contributed by atoms with Crippen molar-refractivity contribution in [3.63, 3.8) is 0 Å². The summed E-state index contributed by atoms with van der Waals surface area (Å²) in [7, 11) is 0. The summed E-state index contributed by atoms with van der Waals surface area (Å²) in [6, 6.07) is 18.4. The van der Waals surface area contributed by atoms with Gasteiger partial charge in [-0.05, 0) is 70.2 Å². The fourth-order valence-corrected chi connectivity index (χ4v) is 3.26. The van der Waals surface area contributed by atoms with Gasteiger partial charge in [0.15, 0.2) is 5.82 Å². The summed E-state index contributed by atoms with van der Waals surface area (Å²) < 4.78 is 7.69. The molecule has 0 aliphatic rings. The number of nitrogens with zero attached hydrogens (tertiary/aromatic N) is 4. The van der Waals surface area contributed by atoms with E-state index in [1.54, 1.807) is 41.1 Å². The van der Waals surface area contributed by atoms with Crippen LogP contribution in [0.5, 0.6) is 11.6 Å². The van der Waals surface area contributed by atoms with Gasteiger partial charge in [0.2, 0.25) is 5.88 Å². The molecule has 0 spiro atoms. The second kappa shape index (κ2) is 8.39. The number of carbonyl (C=O) groups is 1. The molecule has 0 atom stereocenters. The zero-order chi connectivity index (χ0) is 22.0. The molecule has 0 unspecified atom stereocenters. The second-order valence-electron chi connectivity index (χ2n) is 7.40. The molecule has 2 aromatic heterocycles. The number of hydrogen-bond acceptors (Lipinski definition) is 5. The Hall–Kier alpha value is -4.00. The normalized spacial score (nSPS) is 10.7. The van der Waals surface area contributed by atoms with Gasteiger partial charge in [0.25, 0.3) is 5.91 Å². The topological polar surface area (TPSA) is 81.9 Å². The third-order valence-electron chi connectivity index (χ3n) is 4.64. The van der Waals surface area contributed by atoms with Crippen LogP contribution in [0.2, 0.25) is 0 Å². The van der Waals surface area contributed by atoms with Crippen molar-refractivity contribution in [3.8, 4) is 17.4 Å². The molecule has 7 heteroatoms. The molecule has 2 aromatic carbocycles. The van der Waals surface area contributed by atoms with Gasteiger partial charge in [-0.15, -0.1) is 0 Å². The minimum atomic E-state index is -0.154. The van der Waals surface area contributed by atoms with E-state index in [0.717, 1.165) is 17.0 Å². The van der Waals surface area contributed by atoms with E-state index in [-0.39, 0.29) is 5.91 Å². The summed E-state index contributed by atoms with van der Waals surface area (Å²) in [6.07, 6.45) is 0. The number of anilines is 1. The molecule has 7 nitrogen and oxygen atoms in total. The van der Waals surface area contributed by atoms with Crippen LogP contribution in [0.15, 0.2) is 60.7 Å². The number of aryl methyl sites for hydroxylation is 4. The molecule has 2 heterocycles. The lowest BCUT2D eigenvalue weighted by atomic mass is 10.1. The van der Waals surface area contributed by atoms with E-state index in [2.05, 4.69) is 20.4 Å². The maximum absolute atomic E-state index is 12.4. The zero-order valence-electron chi connectivity index (χ0n) is 17.9. The number of aromatic nitrogens is 4. The number of rotatable bonds is 5. The van der Waals surface area contributed by atoms with Crippen LogP contribution in [-0.2, 0) is 0 Å². The maximum Gasteiger partial charge on any atom is 0.255 e. The zero-order valence-corrected chi connectivity index (χ0v) is 17.9. The van der Waals surface area contributed by atoms with E-state index in [4.69, 9.17) is 4.74 Å². The molecule has 156 valence electrons. The molecular formula is C24H23N5O2. The van der Waals surface area contributed by atoms with Gasteiger partial charge >= 0.3 is 0 Å². The smallest absolute Gasteiger partial charge is 0.255 e. The highest BCUT2D eigenvalue weighted by atomic mass is 16.5. The Morgan fingerprint density at radius 1 is 0.935 bits per heavy atom. The highest BCUT2D eigenvalue weighted by Crippen LogP contribution is 2.24. The Bertz CT molecular complexity index is 1250. The van der Waals surface area contributed by atoms with Gasteiger partial charge in [-0.3, -0.25) is 4.79 Å². The number of hydrogen-bond donors (Lipinski definition) is 1. The van der Waals surface area contributed by atoms with Gasteiger partial charge in [0.1, 0.15) is 11.6 Å². The summed E-state index contributed by atoms with van der Waals surface area (Å²) in [5, 5.41) is 7.36. The van der Waals surface area contributed by atoms with E-state index in [9.17, 15) is 4.79 Å². The predicted octanol–water partition coefficient (Wildman–Crippen LogP) is 4.94. The highest BCUT2D eigenvalue weighted by molar-refractivity contribution is 6.04. The Kier molecular flexibility index (Phi) is 5.49. The molecule has 0 aliphatic heterocycles. The number of ether oxygens (including phenoxy) is 1. The summed E-state index contributed by atoms with van der Waals surface area (Å²) in [6.45, 7) is 7.68. The highest BCUT2D eigenvalue weighted by Gasteiger charge is 2.10. The molecular weight excluding hydrogens is 390 g/mol. The maximum atomic E-state index is 12.4. The fourth-order valence-electron chi connectivity index (χ4n) is 3.26. The van der Waals surface area contributed by atoms with E-state index in [1.807, 2.05) is 52.0 Å². The minimum absolute atomic E-state index is 0.154. The van der Waals surface area contributed by atoms with Crippen molar-refractivity contribution in [2.75, 3.05) is 5.32 Å². The van der Waals surface area contributed by atoms with Crippen LogP contribution in [0, 0.1) is 27.7 Å². The van der Waals surface area contributed by atoms with Crippen LogP contribution in [0.4, 0.5) is 5.69 Å². The summed E-state index contributed by atoms with van der Waals surface area (Å²) in [5.74, 6) is 2.10.